The Balaban J connectivity index is 2.89. The molecule has 90 valence electrons. The second-order valence-electron chi connectivity index (χ2n) is 3.32. The lowest BCUT2D eigenvalue weighted by molar-refractivity contribution is 0.470. The van der Waals surface area contributed by atoms with Crippen LogP contribution in [0.4, 0.5) is 0 Å². The van der Waals surface area contributed by atoms with Gasteiger partial charge in [0, 0.05) is 23.4 Å². The number of benzene rings is 1. The van der Waals surface area contributed by atoms with Crippen molar-refractivity contribution in [2.45, 2.75) is 11.3 Å². The highest BCUT2D eigenvalue weighted by Gasteiger charge is 2.19. The van der Waals surface area contributed by atoms with Crippen molar-refractivity contribution in [2.75, 3.05) is 18.9 Å². The van der Waals surface area contributed by atoms with Gasteiger partial charge in [-0.3, -0.25) is 0 Å². The van der Waals surface area contributed by atoms with Gasteiger partial charge in [0.1, 0.15) is 0 Å². The first-order valence-corrected chi connectivity index (χ1v) is 8.12. The Morgan fingerprint density at radius 1 is 1.25 bits per heavy atom. The van der Waals surface area contributed by atoms with Gasteiger partial charge in [0.25, 0.3) is 0 Å². The quantitative estimate of drug-likeness (QED) is 0.747. The highest BCUT2D eigenvalue weighted by Crippen LogP contribution is 2.17. The van der Waals surface area contributed by atoms with Crippen molar-refractivity contribution in [3.63, 3.8) is 0 Å². The van der Waals surface area contributed by atoms with E-state index in [0.29, 0.717) is 11.4 Å². The summed E-state index contributed by atoms with van der Waals surface area (Å²) in [4.78, 5) is 0.327. The Bertz CT molecular complexity index is 431. The lowest BCUT2D eigenvalue weighted by atomic mass is 10.4. The highest BCUT2D eigenvalue weighted by atomic mass is 79.9. The maximum absolute atomic E-state index is 12.0. The standard InChI is InChI=1S/C10H13Br2NO2S/c1-13(8-2-7-11)16(14,15)10-5-3-9(12)4-6-10/h3-6H,2,7-8H2,1H3. The van der Waals surface area contributed by atoms with Gasteiger partial charge in [-0.25, -0.2) is 12.7 Å². The summed E-state index contributed by atoms with van der Waals surface area (Å²) in [6, 6.07) is 6.66. The van der Waals surface area contributed by atoms with Crippen molar-refractivity contribution in [2.24, 2.45) is 0 Å². The van der Waals surface area contributed by atoms with E-state index in [2.05, 4.69) is 31.9 Å². The first-order valence-electron chi connectivity index (χ1n) is 4.76. The molecule has 1 aromatic rings. The molecule has 0 saturated heterocycles. The van der Waals surface area contributed by atoms with Crippen LogP contribution in [0.3, 0.4) is 0 Å². The molecule has 0 N–H and O–H groups in total. The lowest BCUT2D eigenvalue weighted by Gasteiger charge is -2.16. The first-order chi connectivity index (χ1) is 7.48. The second kappa shape index (κ2) is 6.14. The SMILES string of the molecule is CN(CCCBr)S(=O)(=O)c1ccc(Br)cc1. The van der Waals surface area contributed by atoms with E-state index in [1.54, 1.807) is 31.3 Å². The largest absolute Gasteiger partial charge is 0.242 e. The molecule has 0 aliphatic rings. The summed E-state index contributed by atoms with van der Waals surface area (Å²) in [6.07, 6.45) is 0.798. The molecular weight excluding hydrogens is 358 g/mol. The monoisotopic (exact) mass is 369 g/mol. The van der Waals surface area contributed by atoms with E-state index in [9.17, 15) is 8.42 Å². The maximum atomic E-state index is 12.0. The van der Waals surface area contributed by atoms with Gasteiger partial charge in [-0.15, -0.1) is 0 Å². The van der Waals surface area contributed by atoms with Gasteiger partial charge in [0.15, 0.2) is 0 Å². The smallest absolute Gasteiger partial charge is 0.207 e. The van der Waals surface area contributed by atoms with Crippen molar-refractivity contribution in [3.8, 4) is 0 Å². The zero-order chi connectivity index (χ0) is 12.2. The van der Waals surface area contributed by atoms with E-state index < -0.39 is 10.0 Å². The van der Waals surface area contributed by atoms with Gasteiger partial charge in [-0.1, -0.05) is 31.9 Å². The van der Waals surface area contributed by atoms with E-state index in [1.165, 1.54) is 4.31 Å². The van der Waals surface area contributed by atoms with Crippen molar-refractivity contribution in [3.05, 3.63) is 28.7 Å². The van der Waals surface area contributed by atoms with Gasteiger partial charge in [-0.05, 0) is 30.7 Å². The molecule has 0 aromatic heterocycles. The Morgan fingerprint density at radius 2 is 1.81 bits per heavy atom. The lowest BCUT2D eigenvalue weighted by Crippen LogP contribution is -2.28. The second-order valence-corrected chi connectivity index (χ2v) is 7.08. The van der Waals surface area contributed by atoms with Crippen LogP contribution in [0, 0.1) is 0 Å². The number of nitrogens with zero attached hydrogens (tertiary/aromatic N) is 1. The normalized spacial score (nSPS) is 12.0. The average molecular weight is 371 g/mol. The Kier molecular flexibility index (Phi) is 5.43. The van der Waals surface area contributed by atoms with Crippen molar-refractivity contribution >= 4 is 41.9 Å². The molecule has 0 bridgehead atoms. The number of sulfonamides is 1. The number of hydrogen-bond donors (Lipinski definition) is 0. The third-order valence-corrected chi connectivity index (χ3v) is 5.09. The van der Waals surface area contributed by atoms with Crippen molar-refractivity contribution in [1.82, 2.24) is 4.31 Å². The summed E-state index contributed by atoms with van der Waals surface area (Å²) in [7, 11) is -1.74. The van der Waals surface area contributed by atoms with Crippen LogP contribution < -0.4 is 0 Å². The summed E-state index contributed by atoms with van der Waals surface area (Å²) in [5, 5.41) is 0.799. The van der Waals surface area contributed by atoms with E-state index >= 15 is 0 Å². The molecule has 16 heavy (non-hydrogen) atoms. The topological polar surface area (TPSA) is 37.4 Å². The van der Waals surface area contributed by atoms with E-state index in [-0.39, 0.29) is 0 Å². The molecule has 0 saturated carbocycles. The third-order valence-electron chi connectivity index (χ3n) is 2.13. The first kappa shape index (κ1) is 14.2. The molecule has 0 radical (unpaired) electrons. The summed E-state index contributed by atoms with van der Waals surface area (Å²) in [5.41, 5.74) is 0. The molecular formula is C10H13Br2NO2S. The minimum absolute atomic E-state index is 0.327. The van der Waals surface area contributed by atoms with Crippen LogP contribution in [0.2, 0.25) is 0 Å². The van der Waals surface area contributed by atoms with Crippen LogP contribution in [-0.4, -0.2) is 31.6 Å². The van der Waals surface area contributed by atoms with Gasteiger partial charge in [0.2, 0.25) is 10.0 Å². The fourth-order valence-electron chi connectivity index (χ4n) is 1.19. The van der Waals surface area contributed by atoms with Crippen LogP contribution in [0.25, 0.3) is 0 Å². The van der Waals surface area contributed by atoms with E-state index in [1.807, 2.05) is 0 Å². The minimum atomic E-state index is -3.34. The zero-order valence-corrected chi connectivity index (χ0v) is 12.8. The number of halogens is 2. The number of rotatable bonds is 5. The molecule has 1 rings (SSSR count). The van der Waals surface area contributed by atoms with Gasteiger partial charge in [0.05, 0.1) is 4.90 Å². The van der Waals surface area contributed by atoms with Crippen LogP contribution in [0.5, 0.6) is 0 Å². The Morgan fingerprint density at radius 3 is 2.31 bits per heavy atom. The average Bonchev–Trinajstić information content (AvgIpc) is 2.26. The van der Waals surface area contributed by atoms with Gasteiger partial charge < -0.3 is 0 Å². The van der Waals surface area contributed by atoms with Crippen molar-refractivity contribution in [1.29, 1.82) is 0 Å². The summed E-state index contributed by atoms with van der Waals surface area (Å²) < 4.78 is 26.3. The van der Waals surface area contributed by atoms with Crippen LogP contribution in [0.15, 0.2) is 33.6 Å². The number of alkyl halides is 1. The predicted octanol–water partition coefficient (Wildman–Crippen LogP) is 2.85. The zero-order valence-electron chi connectivity index (χ0n) is 8.86. The predicted molar refractivity (Wildman–Crippen MR) is 72.4 cm³/mol. The molecule has 0 unspecified atom stereocenters. The van der Waals surface area contributed by atoms with Crippen LogP contribution in [-0.2, 0) is 10.0 Å². The van der Waals surface area contributed by atoms with Crippen LogP contribution in [0.1, 0.15) is 6.42 Å². The summed E-state index contributed by atoms with van der Waals surface area (Å²) >= 11 is 6.56. The molecule has 0 aliphatic heterocycles. The van der Waals surface area contributed by atoms with Gasteiger partial charge >= 0.3 is 0 Å². The molecule has 0 heterocycles. The maximum Gasteiger partial charge on any atom is 0.242 e. The summed E-state index contributed by atoms with van der Waals surface area (Å²) in [6.45, 7) is 0.518. The molecule has 3 nitrogen and oxygen atoms in total. The Labute approximate surface area is 113 Å². The fourth-order valence-corrected chi connectivity index (χ4v) is 2.91. The molecule has 0 spiro atoms. The highest BCUT2D eigenvalue weighted by molar-refractivity contribution is 9.10. The van der Waals surface area contributed by atoms with Gasteiger partial charge in [-0.2, -0.15) is 0 Å². The molecule has 1 aromatic carbocycles. The van der Waals surface area contributed by atoms with Crippen molar-refractivity contribution < 1.29 is 8.42 Å². The van der Waals surface area contributed by atoms with E-state index in [0.717, 1.165) is 16.2 Å². The number of hydrogen-bond acceptors (Lipinski definition) is 2. The Hall–Kier alpha value is 0.0900. The third kappa shape index (κ3) is 3.55. The molecule has 0 amide bonds. The van der Waals surface area contributed by atoms with E-state index in [4.69, 9.17) is 0 Å². The summed E-state index contributed by atoms with van der Waals surface area (Å²) in [5.74, 6) is 0. The minimum Gasteiger partial charge on any atom is -0.207 e. The fraction of sp³-hybridized carbons (Fsp3) is 0.400. The van der Waals surface area contributed by atoms with Crippen LogP contribution >= 0.6 is 31.9 Å². The molecule has 0 atom stereocenters. The molecule has 6 heteroatoms. The molecule has 0 aliphatic carbocycles. The molecule has 0 fully saturated rings.